The van der Waals surface area contributed by atoms with Crippen LogP contribution in [0, 0.1) is 0 Å². The van der Waals surface area contributed by atoms with Crippen LogP contribution in [0.3, 0.4) is 0 Å². The van der Waals surface area contributed by atoms with E-state index in [-0.39, 0.29) is 6.04 Å². The first kappa shape index (κ1) is 13.5. The average molecular weight is 351 g/mol. The maximum atomic E-state index is 6.31. The molecule has 2 aromatic carbocycles. The quantitative estimate of drug-likeness (QED) is 0.731. The number of benzene rings is 2. The number of aromatic nitrogens is 2. The van der Waals surface area contributed by atoms with Gasteiger partial charge in [0.05, 0.1) is 22.1 Å². The number of halogens is 2. The molecular formula is C15H13BrClN3. The van der Waals surface area contributed by atoms with Crippen molar-refractivity contribution in [1.82, 2.24) is 9.55 Å². The van der Waals surface area contributed by atoms with Gasteiger partial charge in [-0.25, -0.2) is 4.98 Å². The largest absolute Gasteiger partial charge is 0.369 e. The van der Waals surface area contributed by atoms with E-state index in [4.69, 9.17) is 17.3 Å². The molecular weight excluding hydrogens is 338 g/mol. The molecule has 3 aromatic rings. The second-order valence-corrected chi connectivity index (χ2v) is 6.00. The van der Waals surface area contributed by atoms with Crippen molar-refractivity contribution in [3.05, 3.63) is 57.5 Å². The molecule has 3 nitrogen and oxygen atoms in total. The molecule has 102 valence electrons. The summed E-state index contributed by atoms with van der Waals surface area (Å²) in [6.45, 7) is 2.09. The minimum Gasteiger partial charge on any atom is -0.369 e. The van der Waals surface area contributed by atoms with Crippen molar-refractivity contribution in [2.24, 2.45) is 0 Å². The molecule has 1 unspecified atom stereocenters. The molecule has 0 amide bonds. The van der Waals surface area contributed by atoms with Crippen LogP contribution in [0.5, 0.6) is 0 Å². The van der Waals surface area contributed by atoms with E-state index in [1.165, 1.54) is 0 Å². The van der Waals surface area contributed by atoms with Crippen molar-refractivity contribution in [2.45, 2.75) is 13.0 Å². The van der Waals surface area contributed by atoms with Gasteiger partial charge >= 0.3 is 0 Å². The number of nitrogens with two attached hydrogens (primary N) is 1. The summed E-state index contributed by atoms with van der Waals surface area (Å²) in [6.07, 6.45) is 0. The second kappa shape index (κ2) is 5.11. The fourth-order valence-corrected chi connectivity index (χ4v) is 3.11. The molecule has 1 heterocycles. The Labute approximate surface area is 130 Å². The fourth-order valence-electron chi connectivity index (χ4n) is 2.43. The highest BCUT2D eigenvalue weighted by atomic mass is 79.9. The lowest BCUT2D eigenvalue weighted by atomic mass is 10.1. The lowest BCUT2D eigenvalue weighted by molar-refractivity contribution is 0.667. The van der Waals surface area contributed by atoms with Gasteiger partial charge in [-0.1, -0.05) is 45.7 Å². The van der Waals surface area contributed by atoms with Crippen LogP contribution in [0.15, 0.2) is 46.9 Å². The molecule has 3 rings (SSSR count). The topological polar surface area (TPSA) is 43.8 Å². The molecule has 1 atom stereocenters. The van der Waals surface area contributed by atoms with Crippen LogP contribution in [-0.4, -0.2) is 9.55 Å². The molecule has 0 bridgehead atoms. The van der Waals surface area contributed by atoms with E-state index in [0.29, 0.717) is 11.0 Å². The van der Waals surface area contributed by atoms with Gasteiger partial charge in [0.25, 0.3) is 0 Å². The van der Waals surface area contributed by atoms with Crippen LogP contribution < -0.4 is 5.73 Å². The highest BCUT2D eigenvalue weighted by Gasteiger charge is 2.17. The SMILES string of the molecule is CC(c1cccc(Br)c1)n1c(N)nc2cccc(Cl)c21. The number of rotatable bonds is 2. The van der Waals surface area contributed by atoms with Gasteiger partial charge < -0.3 is 10.3 Å². The molecule has 1 aromatic heterocycles. The Morgan fingerprint density at radius 2 is 2.00 bits per heavy atom. The van der Waals surface area contributed by atoms with E-state index in [1.54, 1.807) is 0 Å². The van der Waals surface area contributed by atoms with E-state index in [0.717, 1.165) is 21.1 Å². The second-order valence-electron chi connectivity index (χ2n) is 4.68. The van der Waals surface area contributed by atoms with Crippen molar-refractivity contribution >= 4 is 44.5 Å². The predicted molar refractivity (Wildman–Crippen MR) is 87.1 cm³/mol. The first-order valence-electron chi connectivity index (χ1n) is 6.25. The maximum Gasteiger partial charge on any atom is 0.201 e. The molecule has 0 aliphatic rings. The zero-order chi connectivity index (χ0) is 14.3. The number of anilines is 1. The Kier molecular flexibility index (Phi) is 3.44. The lowest BCUT2D eigenvalue weighted by Gasteiger charge is -2.17. The minimum absolute atomic E-state index is 0.0531. The predicted octanol–water partition coefficient (Wildman–Crippen LogP) is 4.64. The number of para-hydroxylation sites is 1. The van der Waals surface area contributed by atoms with E-state index >= 15 is 0 Å². The van der Waals surface area contributed by atoms with Crippen LogP contribution in [0.25, 0.3) is 11.0 Å². The van der Waals surface area contributed by atoms with E-state index in [2.05, 4.69) is 40.0 Å². The molecule has 0 aliphatic heterocycles. The Hall–Kier alpha value is -1.52. The zero-order valence-corrected chi connectivity index (χ0v) is 13.2. The van der Waals surface area contributed by atoms with Crippen molar-refractivity contribution in [2.75, 3.05) is 5.73 Å². The van der Waals surface area contributed by atoms with Gasteiger partial charge in [0.1, 0.15) is 0 Å². The van der Waals surface area contributed by atoms with Gasteiger partial charge in [0.2, 0.25) is 5.95 Å². The molecule has 5 heteroatoms. The number of imidazole rings is 1. The standard InChI is InChI=1S/C15H13BrClN3/c1-9(10-4-2-5-11(16)8-10)20-14-12(17)6-3-7-13(14)19-15(20)18/h2-9H,1H3,(H2,18,19). The summed E-state index contributed by atoms with van der Waals surface area (Å²) in [5.74, 6) is 0.473. The number of fused-ring (bicyclic) bond motifs is 1. The third kappa shape index (κ3) is 2.19. The van der Waals surface area contributed by atoms with Crippen LogP contribution in [-0.2, 0) is 0 Å². The summed E-state index contributed by atoms with van der Waals surface area (Å²) in [5, 5.41) is 0.661. The summed E-state index contributed by atoms with van der Waals surface area (Å²) in [7, 11) is 0. The van der Waals surface area contributed by atoms with Crippen LogP contribution in [0.1, 0.15) is 18.5 Å². The number of nitrogens with zero attached hydrogens (tertiary/aromatic N) is 2. The number of hydrogen-bond acceptors (Lipinski definition) is 2. The molecule has 20 heavy (non-hydrogen) atoms. The smallest absolute Gasteiger partial charge is 0.201 e. The van der Waals surface area contributed by atoms with E-state index < -0.39 is 0 Å². The summed E-state index contributed by atoms with van der Waals surface area (Å²) in [5.41, 5.74) is 8.91. The number of hydrogen-bond donors (Lipinski definition) is 1. The minimum atomic E-state index is 0.0531. The van der Waals surface area contributed by atoms with Gasteiger partial charge in [-0.05, 0) is 36.8 Å². The Balaban J connectivity index is 2.21. The van der Waals surface area contributed by atoms with Gasteiger partial charge in [0.15, 0.2) is 0 Å². The number of nitrogen functional groups attached to an aromatic ring is 1. The molecule has 2 N–H and O–H groups in total. The Bertz CT molecular complexity index is 782. The van der Waals surface area contributed by atoms with Crippen LogP contribution in [0.2, 0.25) is 5.02 Å². The highest BCUT2D eigenvalue weighted by Crippen LogP contribution is 2.32. The first-order chi connectivity index (χ1) is 9.58. The summed E-state index contributed by atoms with van der Waals surface area (Å²) < 4.78 is 3.01. The monoisotopic (exact) mass is 349 g/mol. The van der Waals surface area contributed by atoms with Crippen molar-refractivity contribution in [3.63, 3.8) is 0 Å². The highest BCUT2D eigenvalue weighted by molar-refractivity contribution is 9.10. The van der Waals surface area contributed by atoms with E-state index in [9.17, 15) is 0 Å². The molecule has 0 saturated heterocycles. The maximum absolute atomic E-state index is 6.31. The van der Waals surface area contributed by atoms with Gasteiger partial charge in [-0.15, -0.1) is 0 Å². The van der Waals surface area contributed by atoms with Crippen molar-refractivity contribution in [3.8, 4) is 0 Å². The normalized spacial score (nSPS) is 12.8. The molecule has 0 radical (unpaired) electrons. The van der Waals surface area contributed by atoms with Gasteiger partial charge in [0, 0.05) is 4.47 Å². The molecule has 0 saturated carbocycles. The van der Waals surface area contributed by atoms with Crippen LogP contribution >= 0.6 is 27.5 Å². The third-order valence-electron chi connectivity index (χ3n) is 3.41. The Morgan fingerprint density at radius 3 is 2.75 bits per heavy atom. The Morgan fingerprint density at radius 1 is 1.25 bits per heavy atom. The summed E-state index contributed by atoms with van der Waals surface area (Å²) in [4.78, 5) is 4.39. The van der Waals surface area contributed by atoms with Crippen LogP contribution in [0.4, 0.5) is 5.95 Å². The third-order valence-corrected chi connectivity index (χ3v) is 4.20. The molecule has 0 aliphatic carbocycles. The fraction of sp³-hybridized carbons (Fsp3) is 0.133. The lowest BCUT2D eigenvalue weighted by Crippen LogP contribution is -2.10. The first-order valence-corrected chi connectivity index (χ1v) is 7.42. The summed E-state index contributed by atoms with van der Waals surface area (Å²) >= 11 is 9.81. The van der Waals surface area contributed by atoms with Crippen molar-refractivity contribution < 1.29 is 0 Å². The van der Waals surface area contributed by atoms with Gasteiger partial charge in [-0.3, -0.25) is 0 Å². The summed E-state index contributed by atoms with van der Waals surface area (Å²) in [6, 6.07) is 13.9. The molecule has 0 spiro atoms. The van der Waals surface area contributed by atoms with Crippen molar-refractivity contribution in [1.29, 1.82) is 0 Å². The molecule has 0 fully saturated rings. The average Bonchev–Trinajstić information content (AvgIpc) is 2.75. The zero-order valence-electron chi connectivity index (χ0n) is 10.8. The van der Waals surface area contributed by atoms with Gasteiger partial charge in [-0.2, -0.15) is 0 Å². The van der Waals surface area contributed by atoms with E-state index in [1.807, 2.05) is 34.9 Å².